The fourth-order valence-electron chi connectivity index (χ4n) is 2.40. The van der Waals surface area contributed by atoms with Crippen LogP contribution in [0.1, 0.15) is 30.9 Å². The van der Waals surface area contributed by atoms with Crippen molar-refractivity contribution < 1.29 is 26.9 Å². The van der Waals surface area contributed by atoms with Crippen LogP contribution in [0, 0.1) is 18.3 Å². The molecule has 8 heteroatoms. The number of nitriles is 1. The van der Waals surface area contributed by atoms with Crippen molar-refractivity contribution in [1.29, 1.82) is 5.26 Å². The van der Waals surface area contributed by atoms with Gasteiger partial charge in [-0.25, -0.2) is 4.79 Å². The summed E-state index contributed by atoms with van der Waals surface area (Å²) in [5.41, 5.74) is 1.20. The Labute approximate surface area is 176 Å². The van der Waals surface area contributed by atoms with Gasteiger partial charge >= 0.3 is 16.1 Å². The SMILES string of the molecule is CCCCOC(=O)/C(C#N)=C/c1ccc(OS(=O)(=O)c2ccc(C)cc2)c(OC)c1. The van der Waals surface area contributed by atoms with E-state index < -0.39 is 16.1 Å². The maximum atomic E-state index is 12.5. The van der Waals surface area contributed by atoms with Gasteiger partial charge in [-0.15, -0.1) is 0 Å². The van der Waals surface area contributed by atoms with Crippen molar-refractivity contribution in [2.24, 2.45) is 0 Å². The lowest BCUT2D eigenvalue weighted by atomic mass is 10.1. The number of aryl methyl sites for hydroxylation is 1. The Hall–Kier alpha value is -3.31. The summed E-state index contributed by atoms with van der Waals surface area (Å²) in [5, 5.41) is 9.24. The molecule has 0 unspecified atom stereocenters. The molecule has 2 rings (SSSR count). The molecule has 7 nitrogen and oxygen atoms in total. The van der Waals surface area contributed by atoms with Gasteiger partial charge in [0.2, 0.25) is 0 Å². The van der Waals surface area contributed by atoms with Gasteiger partial charge in [-0.2, -0.15) is 13.7 Å². The summed E-state index contributed by atoms with van der Waals surface area (Å²) in [5.74, 6) is -0.595. The summed E-state index contributed by atoms with van der Waals surface area (Å²) in [6, 6.07) is 12.4. The molecule has 0 fully saturated rings. The summed E-state index contributed by atoms with van der Waals surface area (Å²) < 4.78 is 40.5. The molecule has 158 valence electrons. The number of carbonyl (C=O) groups excluding carboxylic acids is 1. The first-order valence-corrected chi connectivity index (χ1v) is 10.7. The van der Waals surface area contributed by atoms with Crippen molar-refractivity contribution in [1.82, 2.24) is 0 Å². The summed E-state index contributed by atoms with van der Waals surface area (Å²) in [7, 11) is -2.69. The molecule has 0 aromatic heterocycles. The van der Waals surface area contributed by atoms with Crippen molar-refractivity contribution in [3.8, 4) is 17.6 Å². The molecule has 0 aliphatic rings. The van der Waals surface area contributed by atoms with Crippen LogP contribution in [-0.2, 0) is 19.6 Å². The molecule has 0 heterocycles. The summed E-state index contributed by atoms with van der Waals surface area (Å²) >= 11 is 0. The number of hydrogen-bond acceptors (Lipinski definition) is 7. The van der Waals surface area contributed by atoms with Crippen molar-refractivity contribution in [2.45, 2.75) is 31.6 Å². The monoisotopic (exact) mass is 429 g/mol. The third-order valence-electron chi connectivity index (χ3n) is 4.08. The summed E-state index contributed by atoms with van der Waals surface area (Å²) in [4.78, 5) is 12.0. The zero-order valence-electron chi connectivity index (χ0n) is 17.0. The standard InChI is InChI=1S/C22H23NO6S/c1-4-5-12-28-22(24)18(15-23)13-17-8-11-20(21(14-17)27-3)29-30(25,26)19-9-6-16(2)7-10-19/h6-11,13-14H,4-5,12H2,1-3H3/b18-13+. The molecule has 2 aromatic carbocycles. The fourth-order valence-corrected chi connectivity index (χ4v) is 3.34. The number of rotatable bonds is 9. The van der Waals surface area contributed by atoms with E-state index in [4.69, 9.17) is 13.7 Å². The molecule has 0 atom stereocenters. The van der Waals surface area contributed by atoms with Gasteiger partial charge in [0.25, 0.3) is 0 Å². The lowest BCUT2D eigenvalue weighted by molar-refractivity contribution is -0.138. The quantitative estimate of drug-likeness (QED) is 0.195. The number of unbranched alkanes of at least 4 members (excludes halogenated alkanes) is 1. The van der Waals surface area contributed by atoms with E-state index in [0.717, 1.165) is 12.0 Å². The molecule has 0 aliphatic heterocycles. The number of ether oxygens (including phenoxy) is 2. The van der Waals surface area contributed by atoms with Gasteiger partial charge in [0.1, 0.15) is 16.5 Å². The zero-order chi connectivity index (χ0) is 22.1. The second kappa shape index (κ2) is 10.5. The number of benzene rings is 2. The smallest absolute Gasteiger partial charge is 0.348 e. The molecular formula is C22H23NO6S. The minimum Gasteiger partial charge on any atom is -0.493 e. The highest BCUT2D eigenvalue weighted by Crippen LogP contribution is 2.31. The van der Waals surface area contributed by atoms with E-state index in [-0.39, 0.29) is 28.6 Å². The van der Waals surface area contributed by atoms with Crippen molar-refractivity contribution in [3.63, 3.8) is 0 Å². The van der Waals surface area contributed by atoms with E-state index in [0.29, 0.717) is 12.0 Å². The lowest BCUT2D eigenvalue weighted by Gasteiger charge is -2.11. The molecule has 0 bridgehead atoms. The van der Waals surface area contributed by atoms with E-state index in [1.54, 1.807) is 12.1 Å². The largest absolute Gasteiger partial charge is 0.493 e. The zero-order valence-corrected chi connectivity index (χ0v) is 17.9. The molecule has 0 N–H and O–H groups in total. The third kappa shape index (κ3) is 6.09. The Balaban J connectivity index is 2.26. The molecule has 2 aromatic rings. The van der Waals surface area contributed by atoms with Crippen molar-refractivity contribution >= 4 is 22.2 Å². The number of esters is 1. The van der Waals surface area contributed by atoms with E-state index in [1.807, 2.05) is 19.9 Å². The Kier molecular flexibility index (Phi) is 8.01. The van der Waals surface area contributed by atoms with Gasteiger partial charge in [-0.3, -0.25) is 0 Å². The van der Waals surface area contributed by atoms with Crippen LogP contribution in [0.3, 0.4) is 0 Å². The Bertz CT molecular complexity index is 1070. The van der Waals surface area contributed by atoms with Crippen LogP contribution in [0.15, 0.2) is 52.9 Å². The predicted molar refractivity (Wildman–Crippen MR) is 111 cm³/mol. The first kappa shape index (κ1) is 23.0. The molecule has 30 heavy (non-hydrogen) atoms. The topological polar surface area (TPSA) is 103 Å². The molecule has 0 saturated carbocycles. The Morgan fingerprint density at radius 2 is 1.83 bits per heavy atom. The van der Waals surface area contributed by atoms with Gasteiger partial charge in [0.05, 0.1) is 13.7 Å². The fraction of sp³-hybridized carbons (Fsp3) is 0.273. The Morgan fingerprint density at radius 1 is 1.13 bits per heavy atom. The van der Waals surface area contributed by atoms with Gasteiger partial charge in [-0.05, 0) is 49.2 Å². The Morgan fingerprint density at radius 3 is 2.43 bits per heavy atom. The second-order valence-electron chi connectivity index (χ2n) is 6.42. The van der Waals surface area contributed by atoms with Gasteiger partial charge in [0, 0.05) is 0 Å². The van der Waals surface area contributed by atoms with Gasteiger partial charge in [-0.1, -0.05) is 37.1 Å². The summed E-state index contributed by atoms with van der Waals surface area (Å²) in [6.07, 6.45) is 2.91. The lowest BCUT2D eigenvalue weighted by Crippen LogP contribution is -2.10. The van der Waals surface area contributed by atoms with E-state index >= 15 is 0 Å². The number of carbonyl (C=O) groups is 1. The first-order chi connectivity index (χ1) is 14.3. The maximum absolute atomic E-state index is 12.5. The van der Waals surface area contributed by atoms with Crippen LogP contribution in [0.25, 0.3) is 6.08 Å². The minimum absolute atomic E-state index is 0.0146. The first-order valence-electron chi connectivity index (χ1n) is 9.29. The van der Waals surface area contributed by atoms with Crippen LogP contribution in [-0.4, -0.2) is 28.1 Å². The summed E-state index contributed by atoms with van der Waals surface area (Å²) in [6.45, 7) is 4.05. The van der Waals surface area contributed by atoms with Crippen LogP contribution in [0.5, 0.6) is 11.5 Å². The minimum atomic E-state index is -4.05. The van der Waals surface area contributed by atoms with Gasteiger partial charge in [0.15, 0.2) is 11.5 Å². The molecule has 0 amide bonds. The van der Waals surface area contributed by atoms with Crippen LogP contribution < -0.4 is 8.92 Å². The third-order valence-corrected chi connectivity index (χ3v) is 5.33. The van der Waals surface area contributed by atoms with E-state index in [2.05, 4.69) is 0 Å². The van der Waals surface area contributed by atoms with Crippen molar-refractivity contribution in [3.05, 3.63) is 59.2 Å². The van der Waals surface area contributed by atoms with Crippen LogP contribution in [0.2, 0.25) is 0 Å². The van der Waals surface area contributed by atoms with E-state index in [1.165, 1.54) is 43.5 Å². The number of nitrogens with zero attached hydrogens (tertiary/aromatic N) is 1. The van der Waals surface area contributed by atoms with E-state index in [9.17, 15) is 18.5 Å². The highest BCUT2D eigenvalue weighted by Gasteiger charge is 2.19. The van der Waals surface area contributed by atoms with Crippen LogP contribution in [0.4, 0.5) is 0 Å². The average Bonchev–Trinajstić information content (AvgIpc) is 2.73. The molecule has 0 radical (unpaired) electrons. The normalized spacial score (nSPS) is 11.5. The molecule has 0 spiro atoms. The predicted octanol–water partition coefficient (Wildman–Crippen LogP) is 4.02. The highest BCUT2D eigenvalue weighted by atomic mass is 32.2. The number of hydrogen-bond donors (Lipinski definition) is 0. The van der Waals surface area contributed by atoms with Crippen molar-refractivity contribution in [2.75, 3.05) is 13.7 Å². The van der Waals surface area contributed by atoms with Gasteiger partial charge < -0.3 is 13.7 Å². The maximum Gasteiger partial charge on any atom is 0.348 e. The molecule has 0 saturated heterocycles. The molecule has 0 aliphatic carbocycles. The highest BCUT2D eigenvalue weighted by molar-refractivity contribution is 7.87. The number of methoxy groups -OCH3 is 1. The van der Waals surface area contributed by atoms with Crippen LogP contribution >= 0.6 is 0 Å². The average molecular weight is 429 g/mol. The molecular weight excluding hydrogens is 406 g/mol. The second-order valence-corrected chi connectivity index (χ2v) is 7.97.